The number of hydrogen-bond acceptors (Lipinski definition) is 5. The summed E-state index contributed by atoms with van der Waals surface area (Å²) in [6.07, 6.45) is 10.1. The molecule has 1 saturated heterocycles. The van der Waals surface area contributed by atoms with Gasteiger partial charge >= 0.3 is 0 Å². The van der Waals surface area contributed by atoms with Crippen molar-refractivity contribution in [2.24, 2.45) is 5.92 Å². The third-order valence-corrected chi connectivity index (χ3v) is 7.36. The van der Waals surface area contributed by atoms with Gasteiger partial charge in [-0.05, 0) is 42.7 Å². The zero-order chi connectivity index (χ0) is 23.5. The minimum atomic E-state index is 0.261. The fourth-order valence-electron chi connectivity index (χ4n) is 5.22. The minimum Gasteiger partial charge on any atom is -0.339 e. The van der Waals surface area contributed by atoms with Gasteiger partial charge in [-0.3, -0.25) is 4.79 Å². The second kappa shape index (κ2) is 10.1. The second-order valence-corrected chi connectivity index (χ2v) is 10.2. The third-order valence-electron chi connectivity index (χ3n) is 7.36. The monoisotopic (exact) mass is 460 g/mol. The topological polar surface area (TPSA) is 66.6 Å². The largest absolute Gasteiger partial charge is 0.339 e. The first-order chi connectivity index (χ1) is 16.6. The van der Waals surface area contributed by atoms with Gasteiger partial charge < -0.3 is 9.80 Å². The van der Waals surface area contributed by atoms with Crippen LogP contribution in [0.4, 0.5) is 5.95 Å². The maximum Gasteiger partial charge on any atom is 0.254 e. The van der Waals surface area contributed by atoms with E-state index in [9.17, 15) is 4.79 Å². The highest BCUT2D eigenvalue weighted by Gasteiger charge is 2.24. The van der Waals surface area contributed by atoms with Crippen LogP contribution in [0.2, 0.25) is 0 Å². The number of carbonyl (C=O) groups excluding carboxylic acids is 1. The Morgan fingerprint density at radius 2 is 1.74 bits per heavy atom. The molecule has 2 aliphatic rings. The molecule has 0 unspecified atom stereocenters. The van der Waals surface area contributed by atoms with Gasteiger partial charge in [0.15, 0.2) is 0 Å². The van der Waals surface area contributed by atoms with E-state index in [1.165, 1.54) is 37.7 Å². The van der Waals surface area contributed by atoms with Gasteiger partial charge in [0.1, 0.15) is 0 Å². The molecule has 2 fully saturated rings. The van der Waals surface area contributed by atoms with Gasteiger partial charge in [0.25, 0.3) is 5.78 Å². The molecule has 34 heavy (non-hydrogen) atoms. The molecule has 7 nitrogen and oxygen atoms in total. The van der Waals surface area contributed by atoms with Crippen molar-refractivity contribution in [2.75, 3.05) is 31.1 Å². The van der Waals surface area contributed by atoms with E-state index in [0.717, 1.165) is 43.9 Å². The van der Waals surface area contributed by atoms with Crippen LogP contribution in [-0.4, -0.2) is 56.6 Å². The molecule has 180 valence electrons. The van der Waals surface area contributed by atoms with Gasteiger partial charge in [0.05, 0.1) is 5.69 Å². The van der Waals surface area contributed by atoms with Crippen molar-refractivity contribution >= 4 is 17.6 Å². The molecule has 1 aliphatic heterocycles. The Hall–Kier alpha value is -2.96. The van der Waals surface area contributed by atoms with Gasteiger partial charge in [-0.15, -0.1) is 5.10 Å². The predicted octanol–water partition coefficient (Wildman–Crippen LogP) is 4.92. The number of anilines is 1. The maximum atomic E-state index is 12.5. The van der Waals surface area contributed by atoms with Gasteiger partial charge in [-0.2, -0.15) is 9.50 Å². The van der Waals surface area contributed by atoms with E-state index in [0.29, 0.717) is 30.0 Å². The van der Waals surface area contributed by atoms with E-state index in [2.05, 4.69) is 48.0 Å². The van der Waals surface area contributed by atoms with Crippen molar-refractivity contribution in [2.45, 2.75) is 64.7 Å². The number of carbonyl (C=O) groups is 1. The molecule has 1 aromatic carbocycles. The Bertz CT molecular complexity index is 1110. The Morgan fingerprint density at radius 3 is 2.44 bits per heavy atom. The molecule has 3 aromatic rings. The van der Waals surface area contributed by atoms with Crippen molar-refractivity contribution in [1.82, 2.24) is 24.5 Å². The van der Waals surface area contributed by atoms with Crippen LogP contribution >= 0.6 is 0 Å². The summed E-state index contributed by atoms with van der Waals surface area (Å²) >= 11 is 0. The van der Waals surface area contributed by atoms with Crippen molar-refractivity contribution in [3.63, 3.8) is 0 Å². The number of fused-ring (bicyclic) bond motifs is 1. The summed E-state index contributed by atoms with van der Waals surface area (Å²) in [4.78, 5) is 25.8. The lowest BCUT2D eigenvalue weighted by Crippen LogP contribution is -2.49. The Morgan fingerprint density at radius 1 is 1.00 bits per heavy atom. The fourth-order valence-corrected chi connectivity index (χ4v) is 5.22. The first-order valence-corrected chi connectivity index (χ1v) is 12.9. The van der Waals surface area contributed by atoms with Crippen molar-refractivity contribution in [3.05, 3.63) is 42.1 Å². The van der Waals surface area contributed by atoms with Crippen LogP contribution in [0.15, 0.2) is 36.5 Å². The van der Waals surface area contributed by atoms with Crippen LogP contribution in [0.5, 0.6) is 0 Å². The van der Waals surface area contributed by atoms with E-state index in [4.69, 9.17) is 10.1 Å². The summed E-state index contributed by atoms with van der Waals surface area (Å²) < 4.78 is 1.85. The first-order valence-electron chi connectivity index (χ1n) is 12.9. The summed E-state index contributed by atoms with van der Waals surface area (Å²) in [5.74, 6) is 2.82. The summed E-state index contributed by atoms with van der Waals surface area (Å²) in [5, 5.41) is 4.82. The predicted molar refractivity (Wildman–Crippen MR) is 135 cm³/mol. The molecular formula is C27H36N6O. The standard InChI is InChI=1S/C27H36N6O/c1-20(2)8-13-25(34)31-16-18-32(19-17-31)27-29-26-28-15-14-24(33(26)30-27)23-11-9-22(10-12-23)21-6-4-3-5-7-21/h9-12,14-15,20-21H,3-8,13,16-19H2,1-2H3. The van der Waals surface area contributed by atoms with Gasteiger partial charge in [-0.25, -0.2) is 4.98 Å². The van der Waals surface area contributed by atoms with Crippen molar-refractivity contribution in [1.29, 1.82) is 0 Å². The van der Waals surface area contributed by atoms with E-state index in [1.54, 1.807) is 0 Å². The lowest BCUT2D eigenvalue weighted by Gasteiger charge is -2.34. The van der Waals surface area contributed by atoms with Crippen LogP contribution in [0.1, 0.15) is 70.3 Å². The summed E-state index contributed by atoms with van der Waals surface area (Å²) in [6.45, 7) is 7.25. The molecule has 0 N–H and O–H groups in total. The van der Waals surface area contributed by atoms with Gasteiger partial charge in [0, 0.05) is 44.4 Å². The highest BCUT2D eigenvalue weighted by atomic mass is 16.2. The smallest absolute Gasteiger partial charge is 0.254 e. The van der Waals surface area contributed by atoms with E-state index < -0.39 is 0 Å². The molecule has 0 bridgehead atoms. The van der Waals surface area contributed by atoms with Gasteiger partial charge in [-0.1, -0.05) is 57.4 Å². The van der Waals surface area contributed by atoms with E-state index in [1.807, 2.05) is 21.7 Å². The minimum absolute atomic E-state index is 0.261. The quantitative estimate of drug-likeness (QED) is 0.522. The van der Waals surface area contributed by atoms with Gasteiger partial charge in [0.2, 0.25) is 11.9 Å². The molecule has 1 aliphatic carbocycles. The third kappa shape index (κ3) is 4.93. The molecule has 2 aromatic heterocycles. The average Bonchev–Trinajstić information content (AvgIpc) is 3.33. The number of nitrogens with zero attached hydrogens (tertiary/aromatic N) is 6. The average molecular weight is 461 g/mol. The lowest BCUT2D eigenvalue weighted by molar-refractivity contribution is -0.131. The van der Waals surface area contributed by atoms with E-state index >= 15 is 0 Å². The number of benzene rings is 1. The summed E-state index contributed by atoms with van der Waals surface area (Å²) in [5.41, 5.74) is 3.58. The molecule has 0 atom stereocenters. The molecule has 7 heteroatoms. The van der Waals surface area contributed by atoms with Crippen LogP contribution in [0.3, 0.4) is 0 Å². The fraction of sp³-hybridized carbons (Fsp3) is 0.556. The number of rotatable bonds is 6. The van der Waals surface area contributed by atoms with Crippen molar-refractivity contribution in [3.8, 4) is 11.3 Å². The first kappa shape index (κ1) is 22.8. The molecule has 0 spiro atoms. The zero-order valence-corrected chi connectivity index (χ0v) is 20.5. The second-order valence-electron chi connectivity index (χ2n) is 10.2. The highest BCUT2D eigenvalue weighted by molar-refractivity contribution is 5.76. The number of amides is 1. The SMILES string of the molecule is CC(C)CCC(=O)N1CCN(c2nc3nccc(-c4ccc(C5CCCCC5)cc4)n3n2)CC1. The van der Waals surface area contributed by atoms with Crippen LogP contribution < -0.4 is 4.90 Å². The van der Waals surface area contributed by atoms with Crippen molar-refractivity contribution < 1.29 is 4.79 Å². The maximum absolute atomic E-state index is 12.5. The molecule has 5 rings (SSSR count). The molecule has 1 saturated carbocycles. The highest BCUT2D eigenvalue weighted by Crippen LogP contribution is 2.33. The number of piperazine rings is 1. The Balaban J connectivity index is 1.29. The molecule has 1 amide bonds. The molecular weight excluding hydrogens is 424 g/mol. The van der Waals surface area contributed by atoms with Crippen LogP contribution in [0, 0.1) is 5.92 Å². The Kier molecular flexibility index (Phi) is 6.79. The summed E-state index contributed by atoms with van der Waals surface area (Å²) in [7, 11) is 0. The zero-order valence-electron chi connectivity index (χ0n) is 20.5. The van der Waals surface area contributed by atoms with Crippen LogP contribution in [0.25, 0.3) is 17.0 Å². The molecule has 0 radical (unpaired) electrons. The van der Waals surface area contributed by atoms with Crippen LogP contribution in [-0.2, 0) is 4.79 Å². The number of aromatic nitrogens is 4. The van der Waals surface area contributed by atoms with E-state index in [-0.39, 0.29) is 5.91 Å². The summed E-state index contributed by atoms with van der Waals surface area (Å²) in [6, 6.07) is 11.0. The molecule has 3 heterocycles. The lowest BCUT2D eigenvalue weighted by atomic mass is 9.84. The Labute approximate surface area is 202 Å². The number of hydrogen-bond donors (Lipinski definition) is 0. The normalized spacial score (nSPS) is 17.6.